The number of aromatic nitrogens is 2. The van der Waals surface area contributed by atoms with E-state index < -0.39 is 0 Å². The zero-order valence-corrected chi connectivity index (χ0v) is 14.5. The number of anilines is 1. The third kappa shape index (κ3) is 3.45. The van der Waals surface area contributed by atoms with Crippen molar-refractivity contribution in [1.29, 1.82) is 0 Å². The molecule has 128 valence electrons. The first-order valence-electron chi connectivity index (χ1n) is 8.21. The first-order valence-corrected chi connectivity index (χ1v) is 8.21. The molecule has 5 heteroatoms. The molecule has 0 saturated carbocycles. The van der Waals surface area contributed by atoms with Gasteiger partial charge < -0.3 is 5.32 Å². The van der Waals surface area contributed by atoms with E-state index in [0.29, 0.717) is 23.4 Å². The molecule has 0 fully saturated rings. The average molecular weight is 337 g/mol. The Kier molecular flexibility index (Phi) is 4.65. The normalized spacial score (nSPS) is 10.7. The number of rotatable bonds is 4. The Morgan fingerprint density at radius 3 is 2.52 bits per heavy atom. The number of hydrogen-bond donors (Lipinski definition) is 2. The van der Waals surface area contributed by atoms with Gasteiger partial charge in [0, 0.05) is 11.1 Å². The molecule has 0 unspecified atom stereocenters. The molecular formula is C20H20FN3O. The highest BCUT2D eigenvalue weighted by molar-refractivity contribution is 6.06. The van der Waals surface area contributed by atoms with Crippen molar-refractivity contribution in [2.24, 2.45) is 0 Å². The number of nitrogens with one attached hydrogen (secondary N) is 2. The molecule has 0 aliphatic carbocycles. The number of hydrogen-bond acceptors (Lipinski definition) is 2. The van der Waals surface area contributed by atoms with Gasteiger partial charge in [-0.1, -0.05) is 30.7 Å². The highest BCUT2D eigenvalue weighted by atomic mass is 19.1. The average Bonchev–Trinajstić information content (AvgIpc) is 2.98. The van der Waals surface area contributed by atoms with Gasteiger partial charge in [-0.3, -0.25) is 9.89 Å². The van der Waals surface area contributed by atoms with Crippen molar-refractivity contribution in [3.63, 3.8) is 0 Å². The lowest BCUT2D eigenvalue weighted by atomic mass is 10.0. The van der Waals surface area contributed by atoms with Crippen LogP contribution in [0.15, 0.2) is 42.5 Å². The SMILES string of the molecule is CCc1[nH]nc(-c2ccc(C)cc2C)c1NC(=O)c1ccc(F)cc1. The fourth-order valence-electron chi connectivity index (χ4n) is 2.83. The summed E-state index contributed by atoms with van der Waals surface area (Å²) in [6, 6.07) is 11.6. The first kappa shape index (κ1) is 16.9. The Morgan fingerprint density at radius 1 is 1.16 bits per heavy atom. The largest absolute Gasteiger partial charge is 0.319 e. The first-order chi connectivity index (χ1) is 12.0. The van der Waals surface area contributed by atoms with Gasteiger partial charge in [-0.2, -0.15) is 5.10 Å². The predicted octanol–water partition coefficient (Wildman–Crippen LogP) is 4.65. The van der Waals surface area contributed by atoms with E-state index in [9.17, 15) is 9.18 Å². The van der Waals surface area contributed by atoms with Crippen molar-refractivity contribution < 1.29 is 9.18 Å². The topological polar surface area (TPSA) is 57.8 Å². The van der Waals surface area contributed by atoms with Crippen molar-refractivity contribution >= 4 is 11.6 Å². The van der Waals surface area contributed by atoms with E-state index in [1.165, 1.54) is 29.8 Å². The fraction of sp³-hybridized carbons (Fsp3) is 0.200. The Hall–Kier alpha value is -2.95. The van der Waals surface area contributed by atoms with E-state index in [4.69, 9.17) is 0 Å². The minimum atomic E-state index is -0.370. The van der Waals surface area contributed by atoms with Crippen molar-refractivity contribution in [3.8, 4) is 11.3 Å². The quantitative estimate of drug-likeness (QED) is 0.728. The minimum Gasteiger partial charge on any atom is -0.319 e. The summed E-state index contributed by atoms with van der Waals surface area (Å²) < 4.78 is 13.1. The standard InChI is InChI=1S/C20H20FN3O/c1-4-17-19(22-20(25)14-6-8-15(21)9-7-14)18(24-23-17)16-10-5-12(2)11-13(16)3/h5-11H,4H2,1-3H3,(H,22,25)(H,23,24). The van der Waals surface area contributed by atoms with Gasteiger partial charge in [-0.05, 0) is 50.1 Å². The fourth-order valence-corrected chi connectivity index (χ4v) is 2.83. The van der Waals surface area contributed by atoms with Gasteiger partial charge in [0.2, 0.25) is 0 Å². The summed E-state index contributed by atoms with van der Waals surface area (Å²) in [6.45, 7) is 6.05. The second kappa shape index (κ2) is 6.89. The molecule has 0 aliphatic rings. The number of amides is 1. The number of halogens is 1. The Labute approximate surface area is 146 Å². The van der Waals surface area contributed by atoms with Gasteiger partial charge in [0.25, 0.3) is 5.91 Å². The summed E-state index contributed by atoms with van der Waals surface area (Å²) in [7, 11) is 0. The molecule has 1 heterocycles. The van der Waals surface area contributed by atoms with Crippen LogP contribution in [-0.2, 0) is 6.42 Å². The summed E-state index contributed by atoms with van der Waals surface area (Å²) in [5.74, 6) is -0.660. The number of aryl methyl sites for hydroxylation is 3. The Bertz CT molecular complexity index is 913. The minimum absolute atomic E-state index is 0.290. The third-order valence-electron chi connectivity index (χ3n) is 4.18. The summed E-state index contributed by atoms with van der Waals surface area (Å²) in [6.07, 6.45) is 0.705. The molecule has 0 spiro atoms. The van der Waals surface area contributed by atoms with Crippen LogP contribution >= 0.6 is 0 Å². The smallest absolute Gasteiger partial charge is 0.255 e. The van der Waals surface area contributed by atoms with Crippen molar-refractivity contribution in [2.45, 2.75) is 27.2 Å². The number of carbonyl (C=O) groups is 1. The number of aromatic amines is 1. The number of benzene rings is 2. The second-order valence-electron chi connectivity index (χ2n) is 6.06. The highest BCUT2D eigenvalue weighted by Crippen LogP contribution is 2.32. The lowest BCUT2D eigenvalue weighted by molar-refractivity contribution is 0.102. The molecule has 4 nitrogen and oxygen atoms in total. The summed E-state index contributed by atoms with van der Waals surface area (Å²) in [5, 5.41) is 10.3. The zero-order chi connectivity index (χ0) is 18.0. The zero-order valence-electron chi connectivity index (χ0n) is 14.5. The maximum atomic E-state index is 13.1. The van der Waals surface area contributed by atoms with Crippen LogP contribution in [0.25, 0.3) is 11.3 Å². The maximum absolute atomic E-state index is 13.1. The lowest BCUT2D eigenvalue weighted by Crippen LogP contribution is -2.13. The molecule has 0 saturated heterocycles. The molecule has 0 radical (unpaired) electrons. The third-order valence-corrected chi connectivity index (χ3v) is 4.18. The maximum Gasteiger partial charge on any atom is 0.255 e. The van der Waals surface area contributed by atoms with Crippen LogP contribution in [0.5, 0.6) is 0 Å². The molecule has 25 heavy (non-hydrogen) atoms. The molecule has 0 bridgehead atoms. The van der Waals surface area contributed by atoms with Gasteiger partial charge in [-0.15, -0.1) is 0 Å². The molecule has 1 amide bonds. The van der Waals surface area contributed by atoms with E-state index in [1.807, 2.05) is 32.9 Å². The molecule has 3 rings (SSSR count). The molecule has 2 N–H and O–H groups in total. The van der Waals surface area contributed by atoms with Gasteiger partial charge in [0.15, 0.2) is 0 Å². The van der Waals surface area contributed by atoms with Crippen molar-refractivity contribution in [2.75, 3.05) is 5.32 Å². The van der Waals surface area contributed by atoms with Gasteiger partial charge in [-0.25, -0.2) is 4.39 Å². The molecular weight excluding hydrogens is 317 g/mol. The molecule has 1 aromatic heterocycles. The van der Waals surface area contributed by atoms with E-state index in [2.05, 4.69) is 21.6 Å². The Morgan fingerprint density at radius 2 is 1.88 bits per heavy atom. The van der Waals surface area contributed by atoms with Crippen LogP contribution in [0.4, 0.5) is 10.1 Å². The van der Waals surface area contributed by atoms with E-state index in [0.717, 1.165) is 16.8 Å². The van der Waals surface area contributed by atoms with Crippen LogP contribution in [0.3, 0.4) is 0 Å². The predicted molar refractivity (Wildman–Crippen MR) is 97.2 cm³/mol. The number of H-pyrrole nitrogens is 1. The number of carbonyl (C=O) groups excluding carboxylic acids is 1. The molecule has 2 aromatic carbocycles. The van der Waals surface area contributed by atoms with Crippen LogP contribution in [0.2, 0.25) is 0 Å². The monoisotopic (exact) mass is 337 g/mol. The van der Waals surface area contributed by atoms with Crippen LogP contribution in [0.1, 0.15) is 34.1 Å². The second-order valence-corrected chi connectivity index (χ2v) is 6.06. The summed E-state index contributed by atoms with van der Waals surface area (Å²) in [5.41, 5.74) is 5.86. The van der Waals surface area contributed by atoms with Crippen LogP contribution in [0, 0.1) is 19.7 Å². The van der Waals surface area contributed by atoms with Crippen LogP contribution in [-0.4, -0.2) is 16.1 Å². The molecule has 3 aromatic rings. The van der Waals surface area contributed by atoms with E-state index in [-0.39, 0.29) is 11.7 Å². The van der Waals surface area contributed by atoms with Crippen molar-refractivity contribution in [1.82, 2.24) is 10.2 Å². The van der Waals surface area contributed by atoms with Crippen LogP contribution < -0.4 is 5.32 Å². The van der Waals surface area contributed by atoms with E-state index in [1.54, 1.807) is 0 Å². The van der Waals surface area contributed by atoms with E-state index >= 15 is 0 Å². The number of nitrogens with zero attached hydrogens (tertiary/aromatic N) is 1. The summed E-state index contributed by atoms with van der Waals surface area (Å²) >= 11 is 0. The lowest BCUT2D eigenvalue weighted by Gasteiger charge is -2.10. The van der Waals surface area contributed by atoms with Gasteiger partial charge >= 0.3 is 0 Å². The Balaban J connectivity index is 1.99. The summed E-state index contributed by atoms with van der Waals surface area (Å²) in [4.78, 5) is 12.5. The molecule has 0 aliphatic heterocycles. The van der Waals surface area contributed by atoms with Gasteiger partial charge in [0.1, 0.15) is 11.5 Å². The molecule has 0 atom stereocenters. The van der Waals surface area contributed by atoms with Gasteiger partial charge in [0.05, 0.1) is 11.4 Å². The highest BCUT2D eigenvalue weighted by Gasteiger charge is 2.18. The van der Waals surface area contributed by atoms with Crippen molar-refractivity contribution in [3.05, 3.63) is 70.7 Å².